The van der Waals surface area contributed by atoms with E-state index in [4.69, 9.17) is 10.5 Å². The molecule has 3 aromatic rings. The second-order valence-electron chi connectivity index (χ2n) is 5.96. The molecule has 6 heteroatoms. The highest BCUT2D eigenvalue weighted by Gasteiger charge is 2.18. The van der Waals surface area contributed by atoms with E-state index in [1.165, 1.54) is 11.3 Å². The minimum Gasteiger partial charge on any atom is -0.494 e. The number of aromatic nitrogens is 1. The first kappa shape index (κ1) is 17.9. The van der Waals surface area contributed by atoms with Crippen molar-refractivity contribution in [2.45, 2.75) is 20.8 Å². The summed E-state index contributed by atoms with van der Waals surface area (Å²) >= 11 is 1.26. The molecule has 0 saturated carbocycles. The first-order valence-corrected chi connectivity index (χ1v) is 9.17. The Morgan fingerprint density at radius 3 is 2.62 bits per heavy atom. The lowest BCUT2D eigenvalue weighted by atomic mass is 10.1. The van der Waals surface area contributed by atoms with E-state index in [1.807, 2.05) is 32.9 Å². The van der Waals surface area contributed by atoms with Crippen LogP contribution in [0.15, 0.2) is 42.5 Å². The van der Waals surface area contributed by atoms with Crippen LogP contribution in [-0.4, -0.2) is 17.4 Å². The first-order chi connectivity index (χ1) is 12.5. The molecule has 3 rings (SSSR count). The number of aryl methyl sites for hydroxylation is 2. The number of ketones is 1. The van der Waals surface area contributed by atoms with Crippen molar-refractivity contribution >= 4 is 33.8 Å². The number of benzene rings is 2. The number of nitrogen functional groups attached to an aromatic ring is 1. The molecule has 1 aromatic heterocycles. The third-order valence-corrected chi connectivity index (χ3v) is 4.91. The van der Waals surface area contributed by atoms with Gasteiger partial charge in [0.1, 0.15) is 16.4 Å². The van der Waals surface area contributed by atoms with Crippen molar-refractivity contribution in [3.63, 3.8) is 0 Å². The largest absolute Gasteiger partial charge is 0.494 e. The van der Waals surface area contributed by atoms with Crippen molar-refractivity contribution in [3.8, 4) is 5.75 Å². The molecule has 26 heavy (non-hydrogen) atoms. The number of anilines is 3. The lowest BCUT2D eigenvalue weighted by Crippen LogP contribution is -2.02. The van der Waals surface area contributed by atoms with E-state index in [9.17, 15) is 4.79 Å². The maximum absolute atomic E-state index is 12.7. The fraction of sp³-hybridized carbons (Fsp3) is 0.200. The van der Waals surface area contributed by atoms with E-state index in [0.717, 1.165) is 22.6 Å². The molecule has 0 spiro atoms. The van der Waals surface area contributed by atoms with Gasteiger partial charge in [0, 0.05) is 11.3 Å². The highest BCUT2D eigenvalue weighted by atomic mass is 32.1. The number of hydrogen-bond acceptors (Lipinski definition) is 6. The quantitative estimate of drug-likeness (QED) is 0.617. The molecule has 0 aliphatic heterocycles. The van der Waals surface area contributed by atoms with E-state index in [2.05, 4.69) is 16.4 Å². The third-order valence-electron chi connectivity index (χ3n) is 3.92. The van der Waals surface area contributed by atoms with Crippen LogP contribution in [0.2, 0.25) is 0 Å². The van der Waals surface area contributed by atoms with Gasteiger partial charge in [-0.1, -0.05) is 23.5 Å². The Hall–Kier alpha value is -2.86. The molecule has 3 N–H and O–H groups in total. The highest BCUT2D eigenvalue weighted by molar-refractivity contribution is 7.18. The van der Waals surface area contributed by atoms with Gasteiger partial charge < -0.3 is 15.8 Å². The normalized spacial score (nSPS) is 10.6. The van der Waals surface area contributed by atoms with Crippen LogP contribution in [-0.2, 0) is 0 Å². The molecular formula is C20H21N3O2S. The molecule has 0 aliphatic carbocycles. The Labute approximate surface area is 156 Å². The Morgan fingerprint density at radius 2 is 1.92 bits per heavy atom. The van der Waals surface area contributed by atoms with Crippen molar-refractivity contribution in [1.82, 2.24) is 4.98 Å². The standard InChI is InChI=1S/C20H21N3O2S/c1-4-25-15-9-7-14(8-10-15)17(24)18-19(21)23-20(26-18)22-16-11-12(2)5-6-13(16)3/h5-11H,4,21H2,1-3H3,(H,22,23). The van der Waals surface area contributed by atoms with E-state index in [1.54, 1.807) is 24.3 Å². The summed E-state index contributed by atoms with van der Waals surface area (Å²) in [6.45, 7) is 6.55. The molecule has 0 bridgehead atoms. The molecule has 0 unspecified atom stereocenters. The van der Waals surface area contributed by atoms with Crippen molar-refractivity contribution in [2.75, 3.05) is 17.7 Å². The number of nitrogens with one attached hydrogen (secondary N) is 1. The lowest BCUT2D eigenvalue weighted by Gasteiger charge is -2.07. The van der Waals surface area contributed by atoms with E-state index in [0.29, 0.717) is 22.2 Å². The van der Waals surface area contributed by atoms with E-state index < -0.39 is 0 Å². The Morgan fingerprint density at radius 1 is 1.19 bits per heavy atom. The number of carbonyl (C=O) groups excluding carboxylic acids is 1. The van der Waals surface area contributed by atoms with E-state index >= 15 is 0 Å². The molecule has 0 aliphatic rings. The SMILES string of the molecule is CCOc1ccc(C(=O)c2sc(Nc3cc(C)ccc3C)nc2N)cc1. The van der Waals surface area contributed by atoms with Gasteiger partial charge in [0.25, 0.3) is 0 Å². The van der Waals surface area contributed by atoms with Gasteiger partial charge in [0.2, 0.25) is 5.78 Å². The van der Waals surface area contributed by atoms with Gasteiger partial charge in [0.05, 0.1) is 6.61 Å². The van der Waals surface area contributed by atoms with Crippen LogP contribution in [0.5, 0.6) is 5.75 Å². The predicted octanol–water partition coefficient (Wildman–Crippen LogP) is 4.72. The highest BCUT2D eigenvalue weighted by Crippen LogP contribution is 2.31. The number of ether oxygens (including phenoxy) is 1. The Kier molecular flexibility index (Phi) is 5.23. The Bertz CT molecular complexity index is 933. The molecular weight excluding hydrogens is 346 g/mol. The van der Waals surface area contributed by atoms with Crippen LogP contribution in [0.25, 0.3) is 0 Å². The van der Waals surface area contributed by atoms with Crippen LogP contribution in [0.4, 0.5) is 16.6 Å². The topological polar surface area (TPSA) is 77.2 Å². The summed E-state index contributed by atoms with van der Waals surface area (Å²) in [5, 5.41) is 3.86. The van der Waals surface area contributed by atoms with Crippen LogP contribution in [0.3, 0.4) is 0 Å². The molecule has 1 heterocycles. The molecule has 0 radical (unpaired) electrons. The summed E-state index contributed by atoms with van der Waals surface area (Å²) in [5.41, 5.74) is 9.75. The summed E-state index contributed by atoms with van der Waals surface area (Å²) in [6.07, 6.45) is 0. The first-order valence-electron chi connectivity index (χ1n) is 8.36. The molecule has 0 saturated heterocycles. The van der Waals surface area contributed by atoms with Crippen LogP contribution in [0.1, 0.15) is 33.3 Å². The molecule has 2 aromatic carbocycles. The second kappa shape index (κ2) is 7.58. The summed E-state index contributed by atoms with van der Waals surface area (Å²) in [5.74, 6) is 0.831. The second-order valence-corrected chi connectivity index (χ2v) is 6.96. The average molecular weight is 367 g/mol. The van der Waals surface area contributed by atoms with Gasteiger partial charge in [-0.2, -0.15) is 0 Å². The molecule has 134 valence electrons. The average Bonchev–Trinajstić information content (AvgIpc) is 2.99. The number of rotatable bonds is 6. The maximum atomic E-state index is 12.7. The smallest absolute Gasteiger partial charge is 0.206 e. The summed E-state index contributed by atoms with van der Waals surface area (Å²) in [7, 11) is 0. The fourth-order valence-corrected chi connectivity index (χ4v) is 3.39. The number of hydrogen-bond donors (Lipinski definition) is 2. The Balaban J connectivity index is 1.83. The number of carbonyl (C=O) groups is 1. The van der Waals surface area contributed by atoms with Crippen molar-refractivity contribution in [1.29, 1.82) is 0 Å². The van der Waals surface area contributed by atoms with Crippen molar-refractivity contribution < 1.29 is 9.53 Å². The summed E-state index contributed by atoms with van der Waals surface area (Å²) in [4.78, 5) is 17.5. The molecule has 0 amide bonds. The van der Waals surface area contributed by atoms with E-state index in [-0.39, 0.29) is 11.6 Å². The molecule has 0 fully saturated rings. The number of nitrogens with two attached hydrogens (primary N) is 1. The van der Waals surface area contributed by atoms with Gasteiger partial charge in [-0.15, -0.1) is 0 Å². The predicted molar refractivity (Wildman–Crippen MR) is 107 cm³/mol. The van der Waals surface area contributed by atoms with Crippen LogP contribution < -0.4 is 15.8 Å². The zero-order valence-electron chi connectivity index (χ0n) is 15.0. The minimum atomic E-state index is -0.142. The number of thiazole rings is 1. The van der Waals surface area contributed by atoms with Crippen LogP contribution >= 0.6 is 11.3 Å². The van der Waals surface area contributed by atoms with Gasteiger partial charge >= 0.3 is 0 Å². The zero-order chi connectivity index (χ0) is 18.7. The van der Waals surface area contributed by atoms with Crippen molar-refractivity contribution in [2.24, 2.45) is 0 Å². The molecule has 5 nitrogen and oxygen atoms in total. The molecule has 0 atom stereocenters. The monoisotopic (exact) mass is 367 g/mol. The summed E-state index contributed by atoms with van der Waals surface area (Å²) < 4.78 is 5.41. The van der Waals surface area contributed by atoms with Gasteiger partial charge in [-0.05, 0) is 62.2 Å². The minimum absolute atomic E-state index is 0.142. The zero-order valence-corrected chi connectivity index (χ0v) is 15.8. The fourth-order valence-electron chi connectivity index (χ4n) is 2.53. The lowest BCUT2D eigenvalue weighted by molar-refractivity contribution is 0.104. The number of nitrogens with zero attached hydrogens (tertiary/aromatic N) is 1. The van der Waals surface area contributed by atoms with Gasteiger partial charge in [0.15, 0.2) is 5.13 Å². The van der Waals surface area contributed by atoms with Crippen molar-refractivity contribution in [3.05, 3.63) is 64.0 Å². The van der Waals surface area contributed by atoms with Gasteiger partial charge in [-0.25, -0.2) is 4.98 Å². The van der Waals surface area contributed by atoms with Gasteiger partial charge in [-0.3, -0.25) is 4.79 Å². The maximum Gasteiger partial charge on any atom is 0.206 e. The summed E-state index contributed by atoms with van der Waals surface area (Å²) in [6, 6.07) is 13.2. The van der Waals surface area contributed by atoms with Crippen LogP contribution in [0, 0.1) is 13.8 Å². The third kappa shape index (κ3) is 3.86.